The monoisotopic (exact) mass is 435 g/mol. The van der Waals surface area contributed by atoms with E-state index in [1.807, 2.05) is 0 Å². The number of nitrogens with one attached hydrogen (secondary N) is 1. The van der Waals surface area contributed by atoms with Crippen LogP contribution in [0.4, 0.5) is 0 Å². The third-order valence-corrected chi connectivity index (χ3v) is 4.71. The highest BCUT2D eigenvalue weighted by Gasteiger charge is 2.17. The minimum atomic E-state index is -0.440. The van der Waals surface area contributed by atoms with E-state index >= 15 is 0 Å². The summed E-state index contributed by atoms with van der Waals surface area (Å²) in [5.74, 6) is 0.0627. The van der Waals surface area contributed by atoms with Gasteiger partial charge in [-0.15, -0.1) is 0 Å². The van der Waals surface area contributed by atoms with Gasteiger partial charge >= 0.3 is 0 Å². The van der Waals surface area contributed by atoms with Crippen LogP contribution >= 0.6 is 23.2 Å². The molecular formula is C20H19Cl2N3O4. The van der Waals surface area contributed by atoms with Crippen LogP contribution in [0, 0.1) is 0 Å². The van der Waals surface area contributed by atoms with Crippen molar-refractivity contribution in [1.29, 1.82) is 0 Å². The maximum Gasteiger partial charge on any atom is 0.272 e. The number of nitrogens with zero attached hydrogens (tertiary/aromatic N) is 2. The van der Waals surface area contributed by atoms with Gasteiger partial charge in [0.15, 0.2) is 6.61 Å². The topological polar surface area (TPSA) is 80.2 Å². The van der Waals surface area contributed by atoms with E-state index in [0.29, 0.717) is 37.1 Å². The third kappa shape index (κ3) is 6.19. The Morgan fingerprint density at radius 1 is 1.14 bits per heavy atom. The maximum atomic E-state index is 12.1. The summed E-state index contributed by atoms with van der Waals surface area (Å²) in [6, 6.07) is 11.6. The van der Waals surface area contributed by atoms with Crippen molar-refractivity contribution in [2.75, 3.05) is 32.9 Å². The summed E-state index contributed by atoms with van der Waals surface area (Å²) in [4.78, 5) is 25.9. The van der Waals surface area contributed by atoms with E-state index in [9.17, 15) is 9.59 Å². The van der Waals surface area contributed by atoms with Crippen molar-refractivity contribution in [1.82, 2.24) is 10.3 Å². The second-order valence-electron chi connectivity index (χ2n) is 6.17. The molecule has 7 nitrogen and oxygen atoms in total. The fraction of sp³-hybridized carbons (Fsp3) is 0.250. The van der Waals surface area contributed by atoms with Gasteiger partial charge in [0.2, 0.25) is 0 Å². The molecule has 0 aliphatic carbocycles. The Hall–Kier alpha value is -2.61. The molecule has 152 valence electrons. The largest absolute Gasteiger partial charge is 0.484 e. The van der Waals surface area contributed by atoms with Crippen LogP contribution in [0.3, 0.4) is 0 Å². The number of halogens is 2. The lowest BCUT2D eigenvalue weighted by molar-refractivity contribution is -0.137. The molecule has 2 aromatic carbocycles. The van der Waals surface area contributed by atoms with Crippen LogP contribution in [0.1, 0.15) is 15.9 Å². The van der Waals surface area contributed by atoms with Crippen molar-refractivity contribution >= 4 is 41.2 Å². The second-order valence-corrected chi connectivity index (χ2v) is 7.02. The third-order valence-electron chi connectivity index (χ3n) is 4.16. The average molecular weight is 436 g/mol. The Kier molecular flexibility index (Phi) is 7.46. The molecule has 0 atom stereocenters. The van der Waals surface area contributed by atoms with Gasteiger partial charge in [-0.25, -0.2) is 5.43 Å². The van der Waals surface area contributed by atoms with Crippen LogP contribution in [0.15, 0.2) is 47.6 Å². The van der Waals surface area contributed by atoms with Gasteiger partial charge in [0.25, 0.3) is 11.8 Å². The van der Waals surface area contributed by atoms with E-state index in [4.69, 9.17) is 32.7 Å². The number of hydrogen-bond donors (Lipinski definition) is 1. The molecule has 0 aromatic heterocycles. The summed E-state index contributed by atoms with van der Waals surface area (Å²) >= 11 is 11.8. The van der Waals surface area contributed by atoms with Crippen LogP contribution in [0.2, 0.25) is 10.0 Å². The van der Waals surface area contributed by atoms with Crippen LogP contribution in [0.5, 0.6) is 5.75 Å². The molecule has 1 heterocycles. The Morgan fingerprint density at radius 2 is 1.86 bits per heavy atom. The highest BCUT2D eigenvalue weighted by atomic mass is 35.5. The predicted molar refractivity (Wildman–Crippen MR) is 111 cm³/mol. The number of rotatable bonds is 6. The van der Waals surface area contributed by atoms with Crippen LogP contribution in [0.25, 0.3) is 0 Å². The lowest BCUT2D eigenvalue weighted by Crippen LogP contribution is -2.42. The van der Waals surface area contributed by atoms with Crippen molar-refractivity contribution in [3.8, 4) is 5.75 Å². The SMILES string of the molecule is O=C(N/N=C\c1ccc(OCC(=O)N2CCOCC2)cc1)c1ccc(Cl)cc1Cl. The van der Waals surface area contributed by atoms with Crippen LogP contribution in [-0.4, -0.2) is 55.8 Å². The molecule has 1 N–H and O–H groups in total. The van der Waals surface area contributed by atoms with Gasteiger partial charge in [0.05, 0.1) is 30.0 Å². The number of carbonyl (C=O) groups excluding carboxylic acids is 2. The normalized spacial score (nSPS) is 14.1. The maximum absolute atomic E-state index is 12.1. The number of hydrogen-bond acceptors (Lipinski definition) is 5. The Morgan fingerprint density at radius 3 is 2.55 bits per heavy atom. The van der Waals surface area contributed by atoms with E-state index in [0.717, 1.165) is 5.56 Å². The van der Waals surface area contributed by atoms with E-state index in [-0.39, 0.29) is 23.1 Å². The molecule has 29 heavy (non-hydrogen) atoms. The van der Waals surface area contributed by atoms with Gasteiger partial charge in [0.1, 0.15) is 5.75 Å². The zero-order valence-corrected chi connectivity index (χ0v) is 16.9. The first-order valence-corrected chi connectivity index (χ1v) is 9.65. The molecule has 3 rings (SSSR count). The molecule has 0 radical (unpaired) electrons. The molecule has 1 fully saturated rings. The van der Waals surface area contributed by atoms with E-state index in [1.54, 1.807) is 35.2 Å². The van der Waals surface area contributed by atoms with Crippen molar-refractivity contribution in [3.63, 3.8) is 0 Å². The van der Waals surface area contributed by atoms with Crippen molar-refractivity contribution in [3.05, 3.63) is 63.6 Å². The van der Waals surface area contributed by atoms with E-state index in [2.05, 4.69) is 10.5 Å². The molecular weight excluding hydrogens is 417 g/mol. The average Bonchev–Trinajstić information content (AvgIpc) is 2.73. The number of morpholine rings is 1. The molecule has 1 aliphatic heterocycles. The molecule has 0 spiro atoms. The van der Waals surface area contributed by atoms with Crippen molar-refractivity contribution in [2.24, 2.45) is 5.10 Å². The molecule has 2 aromatic rings. The number of hydrazone groups is 1. The van der Waals surface area contributed by atoms with Gasteiger partial charge in [-0.05, 0) is 48.0 Å². The molecule has 2 amide bonds. The fourth-order valence-corrected chi connectivity index (χ4v) is 3.09. The zero-order valence-electron chi connectivity index (χ0n) is 15.4. The number of ether oxygens (including phenoxy) is 2. The van der Waals surface area contributed by atoms with Gasteiger partial charge < -0.3 is 14.4 Å². The minimum absolute atomic E-state index is 0.0225. The Labute approximate surface area is 178 Å². The van der Waals surface area contributed by atoms with Crippen molar-refractivity contribution < 1.29 is 19.1 Å². The van der Waals surface area contributed by atoms with Crippen LogP contribution < -0.4 is 10.2 Å². The van der Waals surface area contributed by atoms with Gasteiger partial charge in [-0.1, -0.05) is 23.2 Å². The lowest BCUT2D eigenvalue weighted by Gasteiger charge is -2.26. The first-order valence-electron chi connectivity index (χ1n) is 8.90. The van der Waals surface area contributed by atoms with Gasteiger partial charge in [-0.3, -0.25) is 9.59 Å². The molecule has 9 heteroatoms. The van der Waals surface area contributed by atoms with E-state index < -0.39 is 5.91 Å². The van der Waals surface area contributed by atoms with Crippen molar-refractivity contribution in [2.45, 2.75) is 0 Å². The molecule has 1 aliphatic rings. The predicted octanol–water partition coefficient (Wildman–Crippen LogP) is 2.99. The number of amides is 2. The molecule has 1 saturated heterocycles. The molecule has 0 bridgehead atoms. The fourth-order valence-electron chi connectivity index (χ4n) is 2.60. The highest BCUT2D eigenvalue weighted by molar-refractivity contribution is 6.36. The number of benzene rings is 2. The first-order chi connectivity index (χ1) is 14.0. The number of carbonyl (C=O) groups is 2. The van der Waals surface area contributed by atoms with E-state index in [1.165, 1.54) is 18.3 Å². The summed E-state index contributed by atoms with van der Waals surface area (Å²) in [6.07, 6.45) is 1.49. The lowest BCUT2D eigenvalue weighted by atomic mass is 10.2. The quantitative estimate of drug-likeness (QED) is 0.558. The standard InChI is InChI=1S/C20H19Cl2N3O4/c21-15-3-6-17(18(22)11-15)20(27)24-23-12-14-1-4-16(5-2-14)29-13-19(26)25-7-9-28-10-8-25/h1-6,11-12H,7-10,13H2,(H,24,27)/b23-12-. The summed E-state index contributed by atoms with van der Waals surface area (Å²) in [5, 5.41) is 4.61. The van der Waals surface area contributed by atoms with Gasteiger partial charge in [0, 0.05) is 18.1 Å². The molecule has 0 saturated carbocycles. The summed E-state index contributed by atoms with van der Waals surface area (Å²) in [7, 11) is 0. The molecule has 0 unspecified atom stereocenters. The summed E-state index contributed by atoms with van der Waals surface area (Å²) in [6.45, 7) is 2.27. The van der Waals surface area contributed by atoms with Gasteiger partial charge in [-0.2, -0.15) is 5.10 Å². The van der Waals surface area contributed by atoms with Crippen LogP contribution in [-0.2, 0) is 9.53 Å². The Bertz CT molecular complexity index is 897. The highest BCUT2D eigenvalue weighted by Crippen LogP contribution is 2.20. The smallest absolute Gasteiger partial charge is 0.272 e. The summed E-state index contributed by atoms with van der Waals surface area (Å²) < 4.78 is 10.8. The summed E-state index contributed by atoms with van der Waals surface area (Å²) in [5.41, 5.74) is 3.44. The Balaban J connectivity index is 1.48. The second kappa shape index (κ2) is 10.2. The first kappa shape index (κ1) is 21.1. The minimum Gasteiger partial charge on any atom is -0.484 e. The zero-order chi connectivity index (χ0) is 20.6.